The van der Waals surface area contributed by atoms with Crippen LogP contribution < -0.4 is 4.90 Å². The highest BCUT2D eigenvalue weighted by molar-refractivity contribution is 14.1. The molecule has 4 aliphatic rings. The third kappa shape index (κ3) is 6.95. The predicted octanol–water partition coefficient (Wildman–Crippen LogP) is 17.8. The summed E-state index contributed by atoms with van der Waals surface area (Å²) in [5, 5.41) is 0. The van der Waals surface area contributed by atoms with Crippen LogP contribution in [0.2, 0.25) is 0 Å². The van der Waals surface area contributed by atoms with Gasteiger partial charge in [-0.15, -0.1) is 0 Å². The molecule has 0 N–H and O–H groups in total. The van der Waals surface area contributed by atoms with Gasteiger partial charge in [0.25, 0.3) is 0 Å². The van der Waals surface area contributed by atoms with Crippen molar-refractivity contribution in [2.24, 2.45) is 5.92 Å². The summed E-state index contributed by atoms with van der Waals surface area (Å²) in [7, 11) is 0. The van der Waals surface area contributed by atoms with Crippen LogP contribution in [0.15, 0.2) is 224 Å². The Balaban J connectivity index is 1.03. The van der Waals surface area contributed by atoms with Gasteiger partial charge in [0.15, 0.2) is 0 Å². The highest BCUT2D eigenvalue weighted by Gasteiger charge is 2.56. The van der Waals surface area contributed by atoms with Gasteiger partial charge in [0.05, 0.1) is 5.41 Å². The normalized spacial score (nSPS) is 18.2. The molecule has 0 bridgehead atoms. The predicted molar refractivity (Wildman–Crippen MR) is 290 cm³/mol. The van der Waals surface area contributed by atoms with Gasteiger partial charge in [-0.2, -0.15) is 0 Å². The van der Waals surface area contributed by atoms with Crippen LogP contribution in [0.1, 0.15) is 65.5 Å². The number of anilines is 3. The summed E-state index contributed by atoms with van der Waals surface area (Å²) in [5.74, 6) is 0.385. The highest BCUT2D eigenvalue weighted by Crippen LogP contribution is 2.66. The molecule has 2 heteroatoms. The molecule has 11 rings (SSSR count). The van der Waals surface area contributed by atoms with Crippen LogP contribution in [-0.4, -0.2) is 4.43 Å². The third-order valence-electron chi connectivity index (χ3n) is 14.8. The van der Waals surface area contributed by atoms with Crippen molar-refractivity contribution in [2.75, 3.05) is 9.33 Å². The zero-order chi connectivity index (χ0) is 44.9. The Morgan fingerprint density at radius 3 is 2.09 bits per heavy atom. The Morgan fingerprint density at radius 1 is 0.667 bits per heavy atom. The van der Waals surface area contributed by atoms with E-state index in [-0.39, 0.29) is 5.41 Å². The zero-order valence-corrected chi connectivity index (χ0v) is 40.1. The molecular formula is C64H54IN. The first kappa shape index (κ1) is 42.2. The molecule has 2 unspecified atom stereocenters. The van der Waals surface area contributed by atoms with E-state index in [4.69, 9.17) is 0 Å². The van der Waals surface area contributed by atoms with Crippen molar-refractivity contribution in [3.63, 3.8) is 0 Å². The quantitative estimate of drug-likeness (QED) is 0.0975. The highest BCUT2D eigenvalue weighted by atomic mass is 127. The first-order valence-corrected chi connectivity index (χ1v) is 25.1. The van der Waals surface area contributed by atoms with E-state index in [9.17, 15) is 0 Å². The van der Waals surface area contributed by atoms with Crippen LogP contribution in [0.3, 0.4) is 0 Å². The molecule has 0 radical (unpaired) electrons. The lowest BCUT2D eigenvalue weighted by Crippen LogP contribution is -2.34. The number of fused-ring (bicyclic) bond motifs is 7. The van der Waals surface area contributed by atoms with Crippen molar-refractivity contribution in [2.45, 2.75) is 51.4 Å². The van der Waals surface area contributed by atoms with E-state index in [0.29, 0.717) is 5.92 Å². The number of hydrogen-bond donors (Lipinski definition) is 0. The van der Waals surface area contributed by atoms with Gasteiger partial charge in [-0.25, -0.2) is 0 Å². The molecule has 7 aromatic rings. The molecule has 1 spiro atoms. The van der Waals surface area contributed by atoms with Crippen LogP contribution in [-0.2, 0) is 5.41 Å². The lowest BCUT2D eigenvalue weighted by molar-refractivity contribution is 0.409. The van der Waals surface area contributed by atoms with Gasteiger partial charge in [0.1, 0.15) is 0 Å². The van der Waals surface area contributed by atoms with Crippen molar-refractivity contribution in [1.82, 2.24) is 0 Å². The molecule has 7 aromatic carbocycles. The maximum atomic E-state index is 4.63. The third-order valence-corrected chi connectivity index (χ3v) is 15.6. The van der Waals surface area contributed by atoms with Crippen LogP contribution in [0.5, 0.6) is 0 Å². The molecule has 0 heterocycles. The zero-order valence-electron chi connectivity index (χ0n) is 38.0. The SMILES string of the molecule is C=CC1=C(CI)C2=CCCCC2C12c1ccccc1-c1ccc(N(c3ccc(-c4ccccc4)cc3)c3ccc(-c4ccc(C)c(C5=C(C(=C)c6cccc(C)c6)C=CCC5)c4)cc3)cc12. The molecular weight excluding hydrogens is 910 g/mol. The first-order valence-electron chi connectivity index (χ1n) is 23.6. The van der Waals surface area contributed by atoms with Gasteiger partial charge in [-0.3, -0.25) is 0 Å². The Morgan fingerprint density at radius 2 is 1.35 bits per heavy atom. The van der Waals surface area contributed by atoms with Crippen molar-refractivity contribution in [1.29, 1.82) is 0 Å². The minimum absolute atomic E-state index is 0.276. The minimum atomic E-state index is -0.276. The molecule has 66 heavy (non-hydrogen) atoms. The summed E-state index contributed by atoms with van der Waals surface area (Å²) in [4.78, 5) is 2.46. The second-order valence-corrected chi connectivity index (χ2v) is 19.2. The summed E-state index contributed by atoms with van der Waals surface area (Å²) in [6.07, 6.45) is 14.9. The topological polar surface area (TPSA) is 3.24 Å². The fraction of sp³-hybridized carbons (Fsp3) is 0.156. The van der Waals surface area contributed by atoms with E-state index in [2.05, 4.69) is 243 Å². The van der Waals surface area contributed by atoms with E-state index < -0.39 is 0 Å². The molecule has 0 saturated carbocycles. The second-order valence-electron chi connectivity index (χ2n) is 18.5. The number of nitrogens with zero attached hydrogens (tertiary/aromatic N) is 1. The summed E-state index contributed by atoms with van der Waals surface area (Å²) in [5.41, 5.74) is 26.6. The number of rotatable bonds is 10. The number of alkyl halides is 1. The summed E-state index contributed by atoms with van der Waals surface area (Å²) in [6, 6.07) is 61.2. The van der Waals surface area contributed by atoms with Crippen LogP contribution in [0.4, 0.5) is 17.1 Å². The molecule has 0 aliphatic heterocycles. The number of aryl methyl sites for hydroxylation is 2. The van der Waals surface area contributed by atoms with Crippen molar-refractivity contribution in [3.05, 3.63) is 257 Å². The summed E-state index contributed by atoms with van der Waals surface area (Å²) in [6.45, 7) is 13.6. The number of halogens is 1. The number of allylic oxidation sites excluding steroid dienone is 10. The van der Waals surface area contributed by atoms with Crippen molar-refractivity contribution < 1.29 is 0 Å². The maximum Gasteiger partial charge on any atom is 0.0535 e. The summed E-state index contributed by atoms with van der Waals surface area (Å²) >= 11 is 2.59. The van der Waals surface area contributed by atoms with Crippen LogP contribution in [0.25, 0.3) is 44.5 Å². The van der Waals surface area contributed by atoms with Gasteiger partial charge in [-0.1, -0.05) is 187 Å². The second kappa shape index (κ2) is 17.4. The van der Waals surface area contributed by atoms with E-state index >= 15 is 0 Å². The van der Waals surface area contributed by atoms with Gasteiger partial charge in [-0.05, 0) is 183 Å². The Kier molecular flexibility index (Phi) is 11.1. The maximum absolute atomic E-state index is 4.63. The standard InChI is InChI=1S/C64H54IN/c1-5-60-59(41-65)56-23-12-14-25-62(56)64(60)61-24-13-11-22-55(61)57-37-36-52(40-63(57)64)66(50-32-28-46(29-33-50)45-17-7-6-8-18-45)51-34-30-47(31-35-51)49-27-26-43(3)58(39-49)54-21-10-9-20-53(54)44(4)48-19-15-16-42(2)38-48/h5-9,11,13,15-20,22-24,26-40,62H,1,4,10,12,14,21,25,41H2,2-3H3. The van der Waals surface area contributed by atoms with Crippen molar-refractivity contribution in [3.8, 4) is 33.4 Å². The molecule has 322 valence electrons. The van der Waals surface area contributed by atoms with Crippen LogP contribution >= 0.6 is 22.6 Å². The van der Waals surface area contributed by atoms with E-state index in [1.807, 2.05) is 0 Å². The smallest absolute Gasteiger partial charge is 0.0535 e. The van der Waals surface area contributed by atoms with Gasteiger partial charge in [0.2, 0.25) is 0 Å². The van der Waals surface area contributed by atoms with E-state index in [0.717, 1.165) is 46.3 Å². The monoisotopic (exact) mass is 963 g/mol. The molecule has 0 fully saturated rings. The molecule has 0 aromatic heterocycles. The van der Waals surface area contributed by atoms with Gasteiger partial charge in [0, 0.05) is 27.4 Å². The molecule has 4 aliphatic carbocycles. The number of benzene rings is 7. The first-order chi connectivity index (χ1) is 32.4. The Hall–Kier alpha value is -6.49. The van der Waals surface area contributed by atoms with Gasteiger partial charge >= 0.3 is 0 Å². The lowest BCUT2D eigenvalue weighted by atomic mass is 9.63. The minimum Gasteiger partial charge on any atom is -0.310 e. The van der Waals surface area contributed by atoms with E-state index in [1.54, 1.807) is 5.57 Å². The molecule has 0 amide bonds. The Labute approximate surface area is 405 Å². The average molecular weight is 964 g/mol. The summed E-state index contributed by atoms with van der Waals surface area (Å²) < 4.78 is 0.980. The molecule has 2 atom stereocenters. The fourth-order valence-corrected chi connectivity index (χ4v) is 12.7. The lowest BCUT2D eigenvalue weighted by Gasteiger charge is -2.38. The van der Waals surface area contributed by atoms with E-state index in [1.165, 1.54) is 102 Å². The molecule has 0 saturated heterocycles. The Bertz CT molecular complexity index is 3190. The number of hydrogen-bond acceptors (Lipinski definition) is 1. The van der Waals surface area contributed by atoms with Gasteiger partial charge < -0.3 is 4.90 Å². The average Bonchev–Trinajstić information content (AvgIpc) is 3.83. The van der Waals surface area contributed by atoms with Crippen molar-refractivity contribution >= 4 is 50.8 Å². The molecule has 1 nitrogen and oxygen atoms in total. The van der Waals surface area contributed by atoms with Crippen LogP contribution in [0, 0.1) is 19.8 Å². The largest absolute Gasteiger partial charge is 0.310 e. The fourth-order valence-electron chi connectivity index (χ4n) is 11.8.